The van der Waals surface area contributed by atoms with E-state index in [1.807, 2.05) is 36.5 Å². The molecule has 0 N–H and O–H groups in total. The molecule has 5 aromatic rings. The average molecular weight is 525 g/mol. The van der Waals surface area contributed by atoms with Crippen molar-refractivity contribution in [1.29, 1.82) is 0 Å². The lowest BCUT2D eigenvalue weighted by Gasteiger charge is -2.34. The van der Waals surface area contributed by atoms with Crippen LogP contribution >= 0.6 is 22.9 Å². The van der Waals surface area contributed by atoms with Gasteiger partial charge in [-0.25, -0.2) is 9.50 Å². The van der Waals surface area contributed by atoms with E-state index in [9.17, 15) is 0 Å². The largest absolute Gasteiger partial charge is 0.496 e. The van der Waals surface area contributed by atoms with Crippen molar-refractivity contribution in [3.63, 3.8) is 0 Å². The first-order valence-corrected chi connectivity index (χ1v) is 12.9. The summed E-state index contributed by atoms with van der Waals surface area (Å²) in [5.74, 6) is 2.47. The number of furan rings is 1. The summed E-state index contributed by atoms with van der Waals surface area (Å²) in [5.41, 5.74) is 2.58. The quantitative estimate of drug-likeness (QED) is 0.252. The van der Waals surface area contributed by atoms with Gasteiger partial charge in [-0.1, -0.05) is 11.6 Å². The van der Waals surface area contributed by atoms with Gasteiger partial charge in [0.05, 0.1) is 32.4 Å². The fourth-order valence-corrected chi connectivity index (χ4v) is 5.45. The molecule has 0 radical (unpaired) electrons. The van der Waals surface area contributed by atoms with Gasteiger partial charge < -0.3 is 23.5 Å². The van der Waals surface area contributed by atoms with Crippen molar-refractivity contribution in [3.8, 4) is 28.1 Å². The van der Waals surface area contributed by atoms with Crippen LogP contribution in [0.2, 0.25) is 5.02 Å². The summed E-state index contributed by atoms with van der Waals surface area (Å²) in [6, 6.07) is 13.8. The Kier molecular flexibility index (Phi) is 6.10. The fourth-order valence-electron chi connectivity index (χ4n) is 4.62. The summed E-state index contributed by atoms with van der Waals surface area (Å²) in [6.45, 7) is 2.58. The SMILES string of the molecule is COc1cc(OCC2CCCN(c3ccc(Cl)cc3)C2)c2cc(-c3cn4nc(OC)sc4n3)oc2c1. The number of ether oxygens (including phenoxy) is 3. The maximum atomic E-state index is 6.39. The number of nitrogens with zero attached hydrogens (tertiary/aromatic N) is 4. The predicted molar refractivity (Wildman–Crippen MR) is 141 cm³/mol. The third-order valence-corrected chi connectivity index (χ3v) is 7.58. The first kappa shape index (κ1) is 23.0. The number of halogens is 1. The molecular weight excluding hydrogens is 500 g/mol. The maximum absolute atomic E-state index is 6.39. The van der Waals surface area contributed by atoms with E-state index >= 15 is 0 Å². The molecule has 0 saturated carbocycles. The van der Waals surface area contributed by atoms with Crippen LogP contribution in [0.15, 0.2) is 53.1 Å². The average Bonchev–Trinajstić information content (AvgIpc) is 3.60. The zero-order valence-electron chi connectivity index (χ0n) is 19.9. The third kappa shape index (κ3) is 4.44. The molecule has 1 saturated heterocycles. The van der Waals surface area contributed by atoms with Gasteiger partial charge in [0, 0.05) is 41.9 Å². The zero-order chi connectivity index (χ0) is 24.6. The van der Waals surface area contributed by atoms with Gasteiger partial charge in [0.15, 0.2) is 5.76 Å². The highest BCUT2D eigenvalue weighted by molar-refractivity contribution is 7.18. The molecule has 0 spiro atoms. The smallest absolute Gasteiger partial charge is 0.294 e. The zero-order valence-corrected chi connectivity index (χ0v) is 21.5. The van der Waals surface area contributed by atoms with E-state index in [0.717, 1.165) is 47.1 Å². The number of hydrogen-bond acceptors (Lipinski definition) is 8. The molecule has 10 heteroatoms. The highest BCUT2D eigenvalue weighted by Gasteiger charge is 2.22. The minimum Gasteiger partial charge on any atom is -0.496 e. The van der Waals surface area contributed by atoms with Crippen LogP contribution in [-0.2, 0) is 0 Å². The summed E-state index contributed by atoms with van der Waals surface area (Å²) in [7, 11) is 3.23. The second-order valence-corrected chi connectivity index (χ2v) is 10.2. The van der Waals surface area contributed by atoms with Crippen molar-refractivity contribution in [1.82, 2.24) is 14.6 Å². The number of anilines is 1. The summed E-state index contributed by atoms with van der Waals surface area (Å²) in [5, 5.41) is 6.55. The minimum atomic E-state index is 0.406. The molecule has 36 heavy (non-hydrogen) atoms. The highest BCUT2D eigenvalue weighted by atomic mass is 35.5. The van der Waals surface area contributed by atoms with Gasteiger partial charge in [-0.2, -0.15) is 0 Å². The van der Waals surface area contributed by atoms with Gasteiger partial charge in [0.2, 0.25) is 4.96 Å². The molecule has 1 aliphatic rings. The maximum Gasteiger partial charge on any atom is 0.294 e. The van der Waals surface area contributed by atoms with Crippen LogP contribution in [0.5, 0.6) is 16.7 Å². The Bertz CT molecular complexity index is 1480. The van der Waals surface area contributed by atoms with E-state index in [4.69, 9.17) is 30.2 Å². The molecule has 1 atom stereocenters. The highest BCUT2D eigenvalue weighted by Crippen LogP contribution is 2.38. The molecule has 1 aliphatic heterocycles. The number of aromatic nitrogens is 3. The molecule has 2 aromatic carbocycles. The standard InChI is InChI=1S/C26H25ClN4O4S/c1-32-19-10-22(34-15-16-4-3-9-30(13-16)18-7-5-17(27)6-8-18)20-12-24(35-23(20)11-19)21-14-31-25(28-21)36-26(29-31)33-2/h5-8,10-12,14,16H,3-4,9,13,15H2,1-2H3. The van der Waals surface area contributed by atoms with Gasteiger partial charge in [-0.15, -0.1) is 5.10 Å². The van der Waals surface area contributed by atoms with Crippen LogP contribution in [0.1, 0.15) is 12.8 Å². The lowest BCUT2D eigenvalue weighted by atomic mass is 9.98. The van der Waals surface area contributed by atoms with E-state index in [0.29, 0.717) is 40.5 Å². The molecule has 0 amide bonds. The van der Waals surface area contributed by atoms with Gasteiger partial charge in [-0.05, 0) is 54.5 Å². The molecule has 6 rings (SSSR count). The molecule has 0 aliphatic carbocycles. The van der Waals surface area contributed by atoms with E-state index in [-0.39, 0.29) is 0 Å². The summed E-state index contributed by atoms with van der Waals surface area (Å²) in [4.78, 5) is 7.78. The van der Waals surface area contributed by atoms with Crippen LogP contribution in [0.3, 0.4) is 0 Å². The Morgan fingerprint density at radius 1 is 1.14 bits per heavy atom. The number of methoxy groups -OCH3 is 2. The van der Waals surface area contributed by atoms with Crippen molar-refractivity contribution >= 4 is 44.6 Å². The molecule has 186 valence electrons. The number of imidazole rings is 1. The molecule has 3 aromatic heterocycles. The van der Waals surface area contributed by atoms with Crippen molar-refractivity contribution in [2.75, 3.05) is 38.8 Å². The normalized spacial score (nSPS) is 16.1. The number of benzene rings is 2. The Balaban J connectivity index is 1.23. The first-order valence-electron chi connectivity index (χ1n) is 11.7. The van der Waals surface area contributed by atoms with Crippen molar-refractivity contribution < 1.29 is 18.6 Å². The molecule has 0 bridgehead atoms. The Morgan fingerprint density at radius 3 is 2.78 bits per heavy atom. The van der Waals surface area contributed by atoms with E-state index < -0.39 is 0 Å². The summed E-state index contributed by atoms with van der Waals surface area (Å²) < 4.78 is 24.9. The topological polar surface area (TPSA) is 74.3 Å². The second-order valence-electron chi connectivity index (χ2n) is 8.82. The predicted octanol–water partition coefficient (Wildman–Crippen LogP) is 6.17. The fraction of sp³-hybridized carbons (Fsp3) is 0.308. The van der Waals surface area contributed by atoms with Crippen molar-refractivity contribution in [2.45, 2.75) is 12.8 Å². The minimum absolute atomic E-state index is 0.406. The van der Waals surface area contributed by atoms with Crippen LogP contribution in [0.4, 0.5) is 5.69 Å². The number of hydrogen-bond donors (Lipinski definition) is 0. The summed E-state index contributed by atoms with van der Waals surface area (Å²) in [6.07, 6.45) is 4.07. The van der Waals surface area contributed by atoms with Crippen LogP contribution in [0, 0.1) is 5.92 Å². The van der Waals surface area contributed by atoms with Crippen molar-refractivity contribution in [2.24, 2.45) is 5.92 Å². The molecular formula is C26H25ClN4O4S. The first-order chi connectivity index (χ1) is 17.6. The van der Waals surface area contributed by atoms with Gasteiger partial charge in [0.1, 0.15) is 22.8 Å². The number of fused-ring (bicyclic) bond motifs is 2. The lowest BCUT2D eigenvalue weighted by molar-refractivity contribution is 0.230. The van der Waals surface area contributed by atoms with E-state index in [1.54, 1.807) is 18.7 Å². The van der Waals surface area contributed by atoms with E-state index in [1.165, 1.54) is 17.0 Å². The third-order valence-electron chi connectivity index (χ3n) is 6.45. The van der Waals surface area contributed by atoms with Crippen molar-refractivity contribution in [3.05, 3.63) is 53.7 Å². The van der Waals surface area contributed by atoms with Crippen LogP contribution in [0.25, 0.3) is 27.4 Å². The molecule has 1 unspecified atom stereocenters. The Morgan fingerprint density at radius 2 is 2.00 bits per heavy atom. The lowest BCUT2D eigenvalue weighted by Crippen LogP contribution is -2.37. The molecule has 4 heterocycles. The van der Waals surface area contributed by atoms with Gasteiger partial charge >= 0.3 is 0 Å². The van der Waals surface area contributed by atoms with E-state index in [2.05, 4.69) is 27.1 Å². The Hall–Kier alpha value is -3.43. The van der Waals surface area contributed by atoms with Gasteiger partial charge in [0.25, 0.3) is 5.19 Å². The molecule has 8 nitrogen and oxygen atoms in total. The van der Waals surface area contributed by atoms with Crippen LogP contribution in [-0.4, -0.2) is 48.5 Å². The molecule has 1 fully saturated rings. The number of piperidine rings is 1. The monoisotopic (exact) mass is 524 g/mol. The van der Waals surface area contributed by atoms with Gasteiger partial charge in [-0.3, -0.25) is 0 Å². The Labute approximate surface area is 217 Å². The summed E-state index contributed by atoms with van der Waals surface area (Å²) >= 11 is 7.44. The second kappa shape index (κ2) is 9.55. The number of rotatable bonds is 7. The van der Waals surface area contributed by atoms with Crippen LogP contribution < -0.4 is 19.1 Å².